The number of aromatic nitrogens is 1. The van der Waals surface area contributed by atoms with Crippen molar-refractivity contribution in [3.63, 3.8) is 0 Å². The van der Waals surface area contributed by atoms with Gasteiger partial charge < -0.3 is 15.3 Å². The highest BCUT2D eigenvalue weighted by atomic mass is 16.4. The third kappa shape index (κ3) is 3.31. The minimum absolute atomic E-state index is 0.0813. The zero-order chi connectivity index (χ0) is 22.7. The van der Waals surface area contributed by atoms with Gasteiger partial charge in [0.15, 0.2) is 0 Å². The minimum Gasteiger partial charge on any atom is -0.481 e. The Bertz CT molecular complexity index is 882. The monoisotopic (exact) mass is 440 g/mol. The Balaban J connectivity index is 1.25. The van der Waals surface area contributed by atoms with E-state index in [0.29, 0.717) is 18.3 Å². The number of anilines is 1. The molecule has 4 saturated carbocycles. The van der Waals surface area contributed by atoms with Gasteiger partial charge in [0.25, 0.3) is 0 Å². The fourth-order valence-electron chi connectivity index (χ4n) is 7.39. The van der Waals surface area contributed by atoms with Crippen LogP contribution in [0.1, 0.15) is 46.5 Å². The maximum atomic E-state index is 13.5. The largest absolute Gasteiger partial charge is 0.481 e. The number of nitrogens with one attached hydrogen (secondary N) is 1. The lowest BCUT2D eigenvalue weighted by atomic mass is 9.44. The maximum absolute atomic E-state index is 13.5. The first kappa shape index (κ1) is 21.7. The van der Waals surface area contributed by atoms with Gasteiger partial charge in [-0.25, -0.2) is 4.98 Å². The van der Waals surface area contributed by atoms with E-state index in [4.69, 9.17) is 0 Å². The highest BCUT2D eigenvalue weighted by Crippen LogP contribution is 2.62. The topological polar surface area (TPSA) is 85.8 Å². The number of hydrogen-bond donors (Lipinski definition) is 2. The number of amides is 1. The van der Waals surface area contributed by atoms with E-state index in [2.05, 4.69) is 27.0 Å². The molecule has 7 nitrogen and oxygen atoms in total. The standard InChI is InChI=1S/C25H36N4O3/c1-16-19-13-17-12-18(15-25(16,14-17)23(31)32)21(19)27-22(30)24(2,3)29-10-8-28(9-11-29)20-6-4-5-7-26-20/h4-7,16-19,21H,8-15H2,1-3H3,(H,27,30)(H,31,32). The van der Waals surface area contributed by atoms with Gasteiger partial charge >= 0.3 is 5.97 Å². The van der Waals surface area contributed by atoms with Crippen LogP contribution in [0.5, 0.6) is 0 Å². The minimum atomic E-state index is -0.625. The molecule has 1 saturated heterocycles. The molecule has 1 aromatic heterocycles. The molecule has 4 aliphatic carbocycles. The van der Waals surface area contributed by atoms with E-state index in [1.54, 1.807) is 0 Å². The Labute approximate surface area is 190 Å². The molecular weight excluding hydrogens is 404 g/mol. The smallest absolute Gasteiger partial charge is 0.309 e. The lowest BCUT2D eigenvalue weighted by Crippen LogP contribution is -2.68. The molecule has 2 heterocycles. The Hall–Kier alpha value is -2.15. The zero-order valence-electron chi connectivity index (χ0n) is 19.5. The van der Waals surface area contributed by atoms with E-state index >= 15 is 0 Å². The summed E-state index contributed by atoms with van der Waals surface area (Å²) in [5.74, 6) is 1.64. The molecule has 1 aromatic rings. The predicted molar refractivity (Wildman–Crippen MR) is 122 cm³/mol. The van der Waals surface area contributed by atoms with Crippen LogP contribution in [-0.2, 0) is 9.59 Å². The van der Waals surface area contributed by atoms with Crippen molar-refractivity contribution in [2.45, 2.75) is 58.0 Å². The Kier molecular flexibility index (Phi) is 5.23. The van der Waals surface area contributed by atoms with Crippen LogP contribution in [0.3, 0.4) is 0 Å². The first-order chi connectivity index (χ1) is 15.2. The lowest BCUT2D eigenvalue weighted by Gasteiger charge is -2.62. The Morgan fingerprint density at radius 1 is 1.16 bits per heavy atom. The normalized spacial score (nSPS) is 36.8. The number of carbonyl (C=O) groups excluding carboxylic acids is 1. The summed E-state index contributed by atoms with van der Waals surface area (Å²) in [7, 11) is 0. The number of pyridine rings is 1. The number of nitrogens with zero attached hydrogens (tertiary/aromatic N) is 3. The van der Waals surface area contributed by atoms with Crippen LogP contribution in [0, 0.1) is 29.1 Å². The fourth-order valence-corrected chi connectivity index (χ4v) is 7.39. The molecule has 1 aliphatic heterocycles. The van der Waals surface area contributed by atoms with Crippen molar-refractivity contribution in [2.75, 3.05) is 31.1 Å². The summed E-state index contributed by atoms with van der Waals surface area (Å²) in [6, 6.07) is 6.07. The average molecular weight is 441 g/mol. The van der Waals surface area contributed by atoms with Crippen LogP contribution < -0.4 is 10.2 Å². The molecule has 6 atom stereocenters. The average Bonchev–Trinajstić information content (AvgIpc) is 2.79. The molecule has 5 fully saturated rings. The third-order valence-electron chi connectivity index (χ3n) is 9.33. The molecular formula is C25H36N4O3. The second kappa shape index (κ2) is 7.72. The van der Waals surface area contributed by atoms with E-state index in [9.17, 15) is 14.7 Å². The van der Waals surface area contributed by atoms with E-state index in [1.165, 1.54) is 0 Å². The molecule has 6 rings (SSSR count). The third-order valence-corrected chi connectivity index (χ3v) is 9.33. The van der Waals surface area contributed by atoms with E-state index in [1.807, 2.05) is 38.2 Å². The zero-order valence-corrected chi connectivity index (χ0v) is 19.5. The second-order valence-corrected chi connectivity index (χ2v) is 11.1. The van der Waals surface area contributed by atoms with Gasteiger partial charge in [-0.05, 0) is 75.3 Å². The summed E-state index contributed by atoms with van der Waals surface area (Å²) >= 11 is 0. The van der Waals surface area contributed by atoms with Crippen LogP contribution in [-0.4, -0.2) is 64.6 Å². The number of hydrogen-bond acceptors (Lipinski definition) is 5. The van der Waals surface area contributed by atoms with Crippen molar-refractivity contribution in [2.24, 2.45) is 29.1 Å². The van der Waals surface area contributed by atoms with Gasteiger partial charge in [0.1, 0.15) is 5.82 Å². The summed E-state index contributed by atoms with van der Waals surface area (Å²) in [5.41, 5.74) is -1.17. The number of carboxylic acids is 1. The van der Waals surface area contributed by atoms with Gasteiger partial charge in [-0.15, -0.1) is 0 Å². The molecule has 0 radical (unpaired) electrons. The molecule has 174 valence electrons. The van der Waals surface area contributed by atoms with Gasteiger partial charge in [-0.2, -0.15) is 0 Å². The summed E-state index contributed by atoms with van der Waals surface area (Å²) in [6.45, 7) is 9.49. The predicted octanol–water partition coefficient (Wildman–Crippen LogP) is 2.62. The molecule has 32 heavy (non-hydrogen) atoms. The summed E-state index contributed by atoms with van der Waals surface area (Å²) in [4.78, 5) is 34.7. The van der Waals surface area contributed by atoms with Crippen LogP contribution >= 0.6 is 0 Å². The Morgan fingerprint density at radius 3 is 2.56 bits per heavy atom. The van der Waals surface area contributed by atoms with Gasteiger partial charge in [-0.3, -0.25) is 14.5 Å². The van der Waals surface area contributed by atoms with E-state index in [0.717, 1.165) is 51.3 Å². The van der Waals surface area contributed by atoms with Crippen LogP contribution in [0.15, 0.2) is 24.4 Å². The number of aliphatic carboxylic acids is 1. The van der Waals surface area contributed by atoms with E-state index in [-0.39, 0.29) is 23.8 Å². The van der Waals surface area contributed by atoms with Crippen molar-refractivity contribution >= 4 is 17.7 Å². The highest BCUT2D eigenvalue weighted by molar-refractivity contribution is 5.86. The first-order valence-electron chi connectivity index (χ1n) is 12.2. The van der Waals surface area contributed by atoms with Gasteiger partial charge in [0, 0.05) is 38.4 Å². The van der Waals surface area contributed by atoms with Crippen LogP contribution in [0.4, 0.5) is 5.82 Å². The Morgan fingerprint density at radius 2 is 1.91 bits per heavy atom. The number of carboxylic acid groups (broad SMARTS) is 1. The SMILES string of the molecule is CC1C2CC3CC(CC1(C(=O)O)C3)C2NC(=O)C(C)(C)N1CCN(c2ccccn2)CC1. The second-order valence-electron chi connectivity index (χ2n) is 11.1. The first-order valence-corrected chi connectivity index (χ1v) is 12.2. The molecule has 7 heteroatoms. The van der Waals surface area contributed by atoms with Crippen LogP contribution in [0.2, 0.25) is 0 Å². The van der Waals surface area contributed by atoms with Crippen molar-refractivity contribution in [3.8, 4) is 0 Å². The number of carbonyl (C=O) groups is 2. The van der Waals surface area contributed by atoms with Gasteiger partial charge in [0.05, 0.1) is 11.0 Å². The van der Waals surface area contributed by atoms with E-state index < -0.39 is 16.9 Å². The van der Waals surface area contributed by atoms with Crippen molar-refractivity contribution in [1.82, 2.24) is 15.2 Å². The quantitative estimate of drug-likeness (QED) is 0.732. The maximum Gasteiger partial charge on any atom is 0.309 e. The lowest BCUT2D eigenvalue weighted by molar-refractivity contribution is -0.181. The molecule has 6 unspecified atom stereocenters. The number of piperazine rings is 1. The van der Waals surface area contributed by atoms with Gasteiger partial charge in [-0.1, -0.05) is 13.0 Å². The van der Waals surface area contributed by atoms with Crippen molar-refractivity contribution in [3.05, 3.63) is 24.4 Å². The molecule has 5 aliphatic rings. The summed E-state index contributed by atoms with van der Waals surface area (Å²) in [5, 5.41) is 13.4. The van der Waals surface area contributed by atoms with Gasteiger partial charge in [0.2, 0.25) is 5.91 Å². The van der Waals surface area contributed by atoms with Crippen molar-refractivity contribution < 1.29 is 14.7 Å². The fraction of sp³-hybridized carbons (Fsp3) is 0.720. The summed E-state index contributed by atoms with van der Waals surface area (Å²) in [6.07, 6.45) is 5.47. The highest BCUT2D eigenvalue weighted by Gasteiger charge is 2.63. The molecule has 0 aromatic carbocycles. The molecule has 4 bridgehead atoms. The number of rotatable bonds is 5. The molecule has 0 spiro atoms. The van der Waals surface area contributed by atoms with Crippen molar-refractivity contribution in [1.29, 1.82) is 0 Å². The molecule has 1 amide bonds. The molecule has 2 N–H and O–H groups in total. The van der Waals surface area contributed by atoms with Crippen LogP contribution in [0.25, 0.3) is 0 Å². The summed E-state index contributed by atoms with van der Waals surface area (Å²) < 4.78 is 0.